The second-order valence-electron chi connectivity index (χ2n) is 4.21. The zero-order valence-electron chi connectivity index (χ0n) is 10.6. The smallest absolute Gasteiger partial charge is 0.409 e. The Balaban J connectivity index is 2.01. The number of amides is 1. The van der Waals surface area contributed by atoms with Crippen LogP contribution in [0.5, 0.6) is 0 Å². The lowest BCUT2D eigenvalue weighted by atomic mass is 10.2. The molecule has 0 aromatic heterocycles. The number of carbonyl (C=O) groups is 1. The zero-order valence-corrected chi connectivity index (χ0v) is 10.6. The van der Waals surface area contributed by atoms with E-state index >= 15 is 0 Å². The molecule has 1 amide bonds. The van der Waals surface area contributed by atoms with Crippen LogP contribution in [-0.4, -0.2) is 11.2 Å². The Bertz CT molecular complexity index is 614. The normalized spacial score (nSPS) is 10.1. The van der Waals surface area contributed by atoms with Gasteiger partial charge in [0, 0.05) is 12.2 Å². The van der Waals surface area contributed by atoms with Crippen molar-refractivity contribution in [2.24, 2.45) is 0 Å². The van der Waals surface area contributed by atoms with Gasteiger partial charge in [-0.1, -0.05) is 12.1 Å². The summed E-state index contributed by atoms with van der Waals surface area (Å²) in [7, 11) is 0. The van der Waals surface area contributed by atoms with Crippen molar-refractivity contribution in [3.05, 3.63) is 53.8 Å². The van der Waals surface area contributed by atoms with Gasteiger partial charge in [0.05, 0.1) is 11.4 Å². The van der Waals surface area contributed by atoms with E-state index < -0.39 is 6.09 Å². The molecule has 2 aromatic carbocycles. The fourth-order valence-corrected chi connectivity index (χ4v) is 1.71. The molecule has 2 aromatic rings. The molecule has 0 atom stereocenters. The number of benzene rings is 2. The minimum atomic E-state index is -1.16. The molecule has 2 rings (SSSR count). The standard InChI is InChI=1S/C14H14FN3O2/c15-10-3-1-9(2-4-10)8-17-11-5-6-13(12(16)7-11)18-14(19)20/h1-7,17-18H,8,16H2,(H,19,20). The quantitative estimate of drug-likeness (QED) is 0.646. The van der Waals surface area contributed by atoms with Crippen LogP contribution in [0.15, 0.2) is 42.5 Å². The molecule has 104 valence electrons. The summed E-state index contributed by atoms with van der Waals surface area (Å²) in [4.78, 5) is 10.5. The molecular weight excluding hydrogens is 261 g/mol. The van der Waals surface area contributed by atoms with Crippen LogP contribution < -0.4 is 16.4 Å². The van der Waals surface area contributed by atoms with Crippen molar-refractivity contribution in [2.75, 3.05) is 16.4 Å². The summed E-state index contributed by atoms with van der Waals surface area (Å²) in [6.45, 7) is 0.519. The Labute approximate surface area is 115 Å². The minimum absolute atomic E-state index is 0.276. The fraction of sp³-hybridized carbons (Fsp3) is 0.0714. The third kappa shape index (κ3) is 3.61. The summed E-state index contributed by atoms with van der Waals surface area (Å²) in [5.74, 6) is -0.276. The van der Waals surface area contributed by atoms with Crippen LogP contribution in [0.25, 0.3) is 0 Å². The predicted molar refractivity (Wildman–Crippen MR) is 76.2 cm³/mol. The summed E-state index contributed by atoms with van der Waals surface area (Å²) in [6.07, 6.45) is -1.16. The van der Waals surface area contributed by atoms with Crippen LogP contribution in [-0.2, 0) is 6.54 Å². The molecule has 0 aliphatic heterocycles. The summed E-state index contributed by atoms with van der Waals surface area (Å²) in [5.41, 5.74) is 8.09. The Morgan fingerprint density at radius 2 is 1.90 bits per heavy atom. The highest BCUT2D eigenvalue weighted by Gasteiger charge is 2.04. The van der Waals surface area contributed by atoms with E-state index in [4.69, 9.17) is 10.8 Å². The number of hydrogen-bond donors (Lipinski definition) is 4. The van der Waals surface area contributed by atoms with Crippen LogP contribution in [0.3, 0.4) is 0 Å². The Kier molecular flexibility index (Phi) is 4.05. The molecule has 5 N–H and O–H groups in total. The Morgan fingerprint density at radius 1 is 1.20 bits per heavy atom. The lowest BCUT2D eigenvalue weighted by Gasteiger charge is -2.10. The highest BCUT2D eigenvalue weighted by Crippen LogP contribution is 2.23. The summed E-state index contributed by atoms with van der Waals surface area (Å²) < 4.78 is 12.8. The Hall–Kier alpha value is -2.76. The molecule has 0 fully saturated rings. The zero-order chi connectivity index (χ0) is 14.5. The van der Waals surface area contributed by atoms with Crippen molar-refractivity contribution in [2.45, 2.75) is 6.54 Å². The number of nitrogens with two attached hydrogens (primary N) is 1. The predicted octanol–water partition coefficient (Wildman–Crippen LogP) is 3.11. The number of nitrogens with one attached hydrogen (secondary N) is 2. The first kappa shape index (κ1) is 13.7. The van der Waals surface area contributed by atoms with E-state index in [0.717, 1.165) is 11.3 Å². The van der Waals surface area contributed by atoms with Gasteiger partial charge in [-0.25, -0.2) is 9.18 Å². The molecule has 0 unspecified atom stereocenters. The molecule has 0 bridgehead atoms. The van der Waals surface area contributed by atoms with E-state index in [0.29, 0.717) is 17.9 Å². The molecule has 0 spiro atoms. The molecule has 6 heteroatoms. The van der Waals surface area contributed by atoms with E-state index in [1.807, 2.05) is 0 Å². The number of hydrogen-bond acceptors (Lipinski definition) is 3. The second kappa shape index (κ2) is 5.92. The molecular formula is C14H14FN3O2. The van der Waals surface area contributed by atoms with Crippen molar-refractivity contribution < 1.29 is 14.3 Å². The van der Waals surface area contributed by atoms with Crippen molar-refractivity contribution in [1.29, 1.82) is 0 Å². The molecule has 0 aliphatic carbocycles. The van der Waals surface area contributed by atoms with Crippen molar-refractivity contribution in [3.8, 4) is 0 Å². The van der Waals surface area contributed by atoms with Gasteiger partial charge in [0.2, 0.25) is 0 Å². The maximum Gasteiger partial charge on any atom is 0.409 e. The van der Waals surface area contributed by atoms with Gasteiger partial charge < -0.3 is 16.2 Å². The van der Waals surface area contributed by atoms with E-state index in [-0.39, 0.29) is 5.82 Å². The molecule has 20 heavy (non-hydrogen) atoms. The van der Waals surface area contributed by atoms with E-state index in [9.17, 15) is 9.18 Å². The average Bonchev–Trinajstić information content (AvgIpc) is 2.40. The third-order valence-electron chi connectivity index (χ3n) is 2.70. The second-order valence-corrected chi connectivity index (χ2v) is 4.21. The van der Waals surface area contributed by atoms with Gasteiger partial charge in [0.1, 0.15) is 5.82 Å². The highest BCUT2D eigenvalue weighted by molar-refractivity contribution is 5.88. The maximum absolute atomic E-state index is 12.8. The number of nitrogen functional groups attached to an aromatic ring is 1. The number of anilines is 3. The van der Waals surface area contributed by atoms with Gasteiger partial charge >= 0.3 is 6.09 Å². The summed E-state index contributed by atoms with van der Waals surface area (Å²) in [5, 5.41) is 13.9. The van der Waals surface area contributed by atoms with Crippen molar-refractivity contribution >= 4 is 23.2 Å². The molecule has 0 radical (unpaired) electrons. The first-order chi connectivity index (χ1) is 9.54. The average molecular weight is 275 g/mol. The lowest BCUT2D eigenvalue weighted by molar-refractivity contribution is 0.210. The van der Waals surface area contributed by atoms with E-state index in [2.05, 4.69) is 10.6 Å². The Morgan fingerprint density at radius 3 is 2.50 bits per heavy atom. The molecule has 0 saturated heterocycles. The number of halogens is 1. The topological polar surface area (TPSA) is 87.4 Å². The first-order valence-corrected chi connectivity index (χ1v) is 5.92. The van der Waals surface area contributed by atoms with Gasteiger partial charge in [-0.2, -0.15) is 0 Å². The van der Waals surface area contributed by atoms with Gasteiger partial charge in [-0.05, 0) is 35.9 Å². The van der Waals surface area contributed by atoms with E-state index in [1.165, 1.54) is 12.1 Å². The first-order valence-electron chi connectivity index (χ1n) is 5.92. The van der Waals surface area contributed by atoms with Gasteiger partial charge in [-0.3, -0.25) is 5.32 Å². The van der Waals surface area contributed by atoms with Crippen LogP contribution in [0.4, 0.5) is 26.2 Å². The number of rotatable bonds is 4. The van der Waals surface area contributed by atoms with E-state index in [1.54, 1.807) is 30.3 Å². The fourth-order valence-electron chi connectivity index (χ4n) is 1.71. The number of carboxylic acid groups (broad SMARTS) is 1. The van der Waals surface area contributed by atoms with Crippen LogP contribution in [0.2, 0.25) is 0 Å². The SMILES string of the molecule is Nc1cc(NCc2ccc(F)cc2)ccc1NC(=O)O. The van der Waals surface area contributed by atoms with Crippen LogP contribution in [0, 0.1) is 5.82 Å². The molecule has 5 nitrogen and oxygen atoms in total. The maximum atomic E-state index is 12.8. The van der Waals surface area contributed by atoms with Crippen LogP contribution >= 0.6 is 0 Å². The highest BCUT2D eigenvalue weighted by atomic mass is 19.1. The van der Waals surface area contributed by atoms with Gasteiger partial charge in [0.25, 0.3) is 0 Å². The molecule has 0 saturated carbocycles. The molecule has 0 aliphatic rings. The van der Waals surface area contributed by atoms with Gasteiger partial charge in [0.15, 0.2) is 0 Å². The third-order valence-corrected chi connectivity index (χ3v) is 2.70. The lowest BCUT2D eigenvalue weighted by Crippen LogP contribution is -2.09. The summed E-state index contributed by atoms with van der Waals surface area (Å²) in [6, 6.07) is 11.1. The largest absolute Gasteiger partial charge is 0.465 e. The van der Waals surface area contributed by atoms with Gasteiger partial charge in [-0.15, -0.1) is 0 Å². The monoisotopic (exact) mass is 275 g/mol. The van der Waals surface area contributed by atoms with Crippen molar-refractivity contribution in [3.63, 3.8) is 0 Å². The van der Waals surface area contributed by atoms with Crippen LogP contribution in [0.1, 0.15) is 5.56 Å². The summed E-state index contributed by atoms with van der Waals surface area (Å²) >= 11 is 0. The molecule has 0 heterocycles. The minimum Gasteiger partial charge on any atom is -0.465 e. The van der Waals surface area contributed by atoms with Crippen molar-refractivity contribution in [1.82, 2.24) is 0 Å².